The van der Waals surface area contributed by atoms with Gasteiger partial charge >= 0.3 is 0 Å². The molecule has 8 heteroatoms. The summed E-state index contributed by atoms with van der Waals surface area (Å²) in [5.74, 6) is -0.190. The fourth-order valence-electron chi connectivity index (χ4n) is 3.11. The van der Waals surface area contributed by atoms with Crippen molar-refractivity contribution in [2.45, 2.75) is 13.0 Å². The van der Waals surface area contributed by atoms with Crippen molar-refractivity contribution < 1.29 is 13.2 Å². The molecule has 1 N–H and O–H groups in total. The summed E-state index contributed by atoms with van der Waals surface area (Å²) < 4.78 is 26.1. The Balaban J connectivity index is 1.49. The van der Waals surface area contributed by atoms with Crippen molar-refractivity contribution in [2.75, 3.05) is 17.1 Å². The molecule has 0 saturated heterocycles. The predicted octanol–water partition coefficient (Wildman–Crippen LogP) is 2.55. The van der Waals surface area contributed by atoms with Crippen LogP contribution in [-0.2, 0) is 23.0 Å². The highest BCUT2D eigenvalue weighted by molar-refractivity contribution is 7.92. The van der Waals surface area contributed by atoms with E-state index in [0.717, 1.165) is 20.8 Å². The number of benzene rings is 2. The summed E-state index contributed by atoms with van der Waals surface area (Å²) in [5, 5.41) is 3.74. The monoisotopic (exact) mass is 387 g/mol. The molecule has 26 heavy (non-hydrogen) atoms. The molecule has 0 saturated carbocycles. The van der Waals surface area contributed by atoms with Crippen LogP contribution in [0.15, 0.2) is 42.5 Å². The second-order valence-electron chi connectivity index (χ2n) is 6.19. The van der Waals surface area contributed by atoms with Gasteiger partial charge in [0.25, 0.3) is 5.91 Å². The van der Waals surface area contributed by atoms with Crippen LogP contribution in [0.1, 0.15) is 20.9 Å². The third kappa shape index (κ3) is 3.17. The van der Waals surface area contributed by atoms with E-state index in [2.05, 4.69) is 10.3 Å². The first-order valence-electron chi connectivity index (χ1n) is 8.15. The van der Waals surface area contributed by atoms with E-state index in [0.29, 0.717) is 30.8 Å². The van der Waals surface area contributed by atoms with Crippen LogP contribution in [0.3, 0.4) is 0 Å². The number of sulfonamides is 1. The Morgan fingerprint density at radius 1 is 1.27 bits per heavy atom. The minimum absolute atomic E-state index is 0.190. The van der Waals surface area contributed by atoms with E-state index < -0.39 is 10.0 Å². The normalized spacial score (nSPS) is 13.8. The molecule has 0 spiro atoms. The van der Waals surface area contributed by atoms with Crippen molar-refractivity contribution in [1.29, 1.82) is 0 Å². The third-order valence-electron chi connectivity index (χ3n) is 4.33. The number of nitrogens with zero attached hydrogens (tertiary/aromatic N) is 2. The molecule has 2 heterocycles. The molecule has 3 aromatic rings. The van der Waals surface area contributed by atoms with Gasteiger partial charge in [0.15, 0.2) is 0 Å². The first kappa shape index (κ1) is 17.0. The lowest BCUT2D eigenvalue weighted by atomic mass is 10.1. The molecule has 0 radical (unpaired) electrons. The summed E-state index contributed by atoms with van der Waals surface area (Å²) >= 11 is 1.56. The van der Waals surface area contributed by atoms with Crippen molar-refractivity contribution in [2.24, 2.45) is 0 Å². The van der Waals surface area contributed by atoms with Gasteiger partial charge in [-0.3, -0.25) is 9.10 Å². The smallest absolute Gasteiger partial charge is 0.251 e. The van der Waals surface area contributed by atoms with Crippen molar-refractivity contribution >= 4 is 43.2 Å². The zero-order chi connectivity index (χ0) is 18.3. The summed E-state index contributed by atoms with van der Waals surface area (Å²) in [6.07, 6.45) is 1.81. The summed E-state index contributed by atoms with van der Waals surface area (Å²) in [7, 11) is -3.28. The van der Waals surface area contributed by atoms with Crippen LogP contribution in [0.2, 0.25) is 0 Å². The second kappa shape index (κ2) is 6.37. The van der Waals surface area contributed by atoms with Crippen molar-refractivity contribution in [3.05, 3.63) is 58.6 Å². The van der Waals surface area contributed by atoms with Crippen LogP contribution in [-0.4, -0.2) is 32.1 Å². The van der Waals surface area contributed by atoms with E-state index in [9.17, 15) is 13.2 Å². The number of rotatable bonds is 4. The van der Waals surface area contributed by atoms with Crippen molar-refractivity contribution in [1.82, 2.24) is 10.3 Å². The number of para-hydroxylation sites is 1. The largest absolute Gasteiger partial charge is 0.346 e. The fraction of sp³-hybridized carbons (Fsp3) is 0.222. The van der Waals surface area contributed by atoms with Gasteiger partial charge in [-0.1, -0.05) is 12.1 Å². The summed E-state index contributed by atoms with van der Waals surface area (Å²) in [6.45, 7) is 0.787. The van der Waals surface area contributed by atoms with Crippen LogP contribution < -0.4 is 9.62 Å². The van der Waals surface area contributed by atoms with Gasteiger partial charge in [-0.15, -0.1) is 11.3 Å². The molecule has 4 rings (SSSR count). The molecule has 0 fully saturated rings. The van der Waals surface area contributed by atoms with E-state index in [-0.39, 0.29) is 5.91 Å². The van der Waals surface area contributed by atoms with Crippen molar-refractivity contribution in [3.63, 3.8) is 0 Å². The quantitative estimate of drug-likeness (QED) is 0.746. The van der Waals surface area contributed by atoms with Gasteiger partial charge in [-0.2, -0.15) is 0 Å². The molecule has 0 unspecified atom stereocenters. The Morgan fingerprint density at radius 2 is 2.08 bits per heavy atom. The van der Waals surface area contributed by atoms with E-state index in [4.69, 9.17) is 0 Å². The molecule has 1 amide bonds. The number of aromatic nitrogens is 1. The molecule has 0 atom stereocenters. The highest BCUT2D eigenvalue weighted by Crippen LogP contribution is 2.30. The SMILES string of the molecule is CS(=O)(=O)N1CCc2cc(C(=O)NCc3nc4ccccc4s3)ccc21. The summed E-state index contributed by atoms with van der Waals surface area (Å²) in [5.41, 5.74) is 3.00. The Kier molecular flexibility index (Phi) is 4.16. The van der Waals surface area contributed by atoms with Crippen LogP contribution in [0.4, 0.5) is 5.69 Å². The Labute approximate surface area is 155 Å². The van der Waals surface area contributed by atoms with Gasteiger partial charge in [0.05, 0.1) is 28.7 Å². The fourth-order valence-corrected chi connectivity index (χ4v) is 4.98. The van der Waals surface area contributed by atoms with Crippen LogP contribution in [0.5, 0.6) is 0 Å². The van der Waals surface area contributed by atoms with Gasteiger partial charge in [0.1, 0.15) is 5.01 Å². The molecular weight excluding hydrogens is 370 g/mol. The highest BCUT2D eigenvalue weighted by atomic mass is 32.2. The molecule has 6 nitrogen and oxygen atoms in total. The number of nitrogens with one attached hydrogen (secondary N) is 1. The maximum absolute atomic E-state index is 12.4. The van der Waals surface area contributed by atoms with Gasteiger partial charge in [-0.25, -0.2) is 13.4 Å². The number of fused-ring (bicyclic) bond motifs is 2. The third-order valence-corrected chi connectivity index (χ3v) is 6.55. The average Bonchev–Trinajstić information content (AvgIpc) is 3.22. The lowest BCUT2D eigenvalue weighted by Crippen LogP contribution is -2.27. The van der Waals surface area contributed by atoms with Crippen molar-refractivity contribution in [3.8, 4) is 0 Å². The Bertz CT molecular complexity index is 1070. The van der Waals surface area contributed by atoms with Crippen LogP contribution >= 0.6 is 11.3 Å². The zero-order valence-electron chi connectivity index (χ0n) is 14.1. The molecule has 1 aliphatic rings. The summed E-state index contributed by atoms with van der Waals surface area (Å²) in [4.78, 5) is 16.9. The lowest BCUT2D eigenvalue weighted by molar-refractivity contribution is 0.0951. The maximum atomic E-state index is 12.4. The number of anilines is 1. The number of hydrogen-bond donors (Lipinski definition) is 1. The maximum Gasteiger partial charge on any atom is 0.251 e. The summed E-state index contributed by atoms with van der Waals surface area (Å²) in [6, 6.07) is 13.0. The second-order valence-corrected chi connectivity index (χ2v) is 9.21. The number of hydrogen-bond acceptors (Lipinski definition) is 5. The van der Waals surface area contributed by atoms with E-state index in [1.54, 1.807) is 29.5 Å². The van der Waals surface area contributed by atoms with Crippen LogP contribution in [0, 0.1) is 0 Å². The molecule has 1 aromatic heterocycles. The number of carbonyl (C=O) groups is 1. The van der Waals surface area contributed by atoms with Crippen LogP contribution in [0.25, 0.3) is 10.2 Å². The topological polar surface area (TPSA) is 79.4 Å². The molecule has 2 aromatic carbocycles. The first-order valence-corrected chi connectivity index (χ1v) is 10.8. The zero-order valence-corrected chi connectivity index (χ0v) is 15.7. The average molecular weight is 387 g/mol. The Morgan fingerprint density at radius 3 is 2.85 bits per heavy atom. The molecule has 0 bridgehead atoms. The Hall–Kier alpha value is -2.45. The standard InChI is InChI=1S/C18H17N3O3S2/c1-26(23,24)21-9-8-12-10-13(6-7-15(12)21)18(22)19-11-17-20-14-4-2-3-5-16(14)25-17/h2-7,10H,8-9,11H2,1H3,(H,19,22). The molecule has 0 aliphatic carbocycles. The predicted molar refractivity (Wildman–Crippen MR) is 103 cm³/mol. The molecule has 134 valence electrons. The number of thiazole rings is 1. The number of carbonyl (C=O) groups excluding carboxylic acids is 1. The van der Waals surface area contributed by atoms with Gasteiger partial charge < -0.3 is 5.32 Å². The number of amides is 1. The molecule has 1 aliphatic heterocycles. The van der Waals surface area contributed by atoms with Gasteiger partial charge in [0, 0.05) is 12.1 Å². The van der Waals surface area contributed by atoms with Gasteiger partial charge in [0.2, 0.25) is 10.0 Å². The molecular formula is C18H17N3O3S2. The lowest BCUT2D eigenvalue weighted by Gasteiger charge is -2.16. The first-order chi connectivity index (χ1) is 12.4. The highest BCUT2D eigenvalue weighted by Gasteiger charge is 2.26. The van der Waals surface area contributed by atoms with E-state index in [1.807, 2.05) is 24.3 Å². The minimum Gasteiger partial charge on any atom is -0.346 e. The minimum atomic E-state index is -3.28. The van der Waals surface area contributed by atoms with Gasteiger partial charge in [-0.05, 0) is 42.3 Å². The van der Waals surface area contributed by atoms with E-state index >= 15 is 0 Å². The van der Waals surface area contributed by atoms with E-state index in [1.165, 1.54) is 10.6 Å².